The van der Waals surface area contributed by atoms with Crippen molar-refractivity contribution in [3.63, 3.8) is 0 Å². The Labute approximate surface area is 176 Å². The third-order valence-corrected chi connectivity index (χ3v) is 6.08. The van der Waals surface area contributed by atoms with Crippen molar-refractivity contribution in [3.05, 3.63) is 93.8 Å². The average Bonchev–Trinajstić information content (AvgIpc) is 3.26. The molecule has 0 unspecified atom stereocenters. The van der Waals surface area contributed by atoms with Gasteiger partial charge in [-0.2, -0.15) is 0 Å². The lowest BCUT2D eigenvalue weighted by atomic mass is 9.69. The topological polar surface area (TPSA) is 86.0 Å². The van der Waals surface area contributed by atoms with Gasteiger partial charge < -0.3 is 19.0 Å². The van der Waals surface area contributed by atoms with Crippen LogP contribution in [-0.4, -0.2) is 17.9 Å². The van der Waals surface area contributed by atoms with Crippen molar-refractivity contribution >= 4 is 16.7 Å². The molecular weight excluding hydrogens is 396 g/mol. The summed E-state index contributed by atoms with van der Waals surface area (Å²) < 4.78 is 16.8. The lowest BCUT2D eigenvalue weighted by Crippen LogP contribution is -2.26. The van der Waals surface area contributed by atoms with Crippen LogP contribution in [0.25, 0.3) is 22.1 Å². The maximum Gasteiger partial charge on any atom is 0.344 e. The number of carbonyl (C=O) groups is 1. The molecule has 0 saturated carbocycles. The number of fused-ring (bicyclic) bond motifs is 6. The standard InChI is InChI=1S/C25H16O6/c26-24(27)22-14-5-1-3-7-16(14)23-21(15-6-2-4-8-17(15)25(28)31-23)20(22)13-9-10-18-19(11-13)30-12-29-18/h1-11,20,22H,12H2,(H,26,27)/t20-,22-/m0/s1. The van der Waals surface area contributed by atoms with E-state index in [9.17, 15) is 14.7 Å². The number of hydrogen-bond donors (Lipinski definition) is 1. The van der Waals surface area contributed by atoms with E-state index in [1.165, 1.54) is 0 Å². The Morgan fingerprint density at radius 3 is 2.48 bits per heavy atom. The van der Waals surface area contributed by atoms with Crippen molar-refractivity contribution in [1.82, 2.24) is 0 Å². The van der Waals surface area contributed by atoms with Crippen molar-refractivity contribution < 1.29 is 23.8 Å². The van der Waals surface area contributed by atoms with Crippen LogP contribution in [0.3, 0.4) is 0 Å². The van der Waals surface area contributed by atoms with Gasteiger partial charge in [-0.3, -0.25) is 4.79 Å². The van der Waals surface area contributed by atoms with Crippen LogP contribution in [0, 0.1) is 0 Å². The Balaban J connectivity index is 1.74. The van der Waals surface area contributed by atoms with E-state index >= 15 is 0 Å². The van der Waals surface area contributed by atoms with Crippen molar-refractivity contribution in [2.45, 2.75) is 11.8 Å². The predicted molar refractivity (Wildman–Crippen MR) is 113 cm³/mol. The molecule has 0 saturated heterocycles. The lowest BCUT2D eigenvalue weighted by molar-refractivity contribution is -0.139. The van der Waals surface area contributed by atoms with Gasteiger partial charge in [0.2, 0.25) is 6.79 Å². The van der Waals surface area contributed by atoms with Crippen LogP contribution >= 0.6 is 0 Å². The molecule has 2 atom stereocenters. The zero-order valence-corrected chi connectivity index (χ0v) is 16.2. The summed E-state index contributed by atoms with van der Waals surface area (Å²) in [6.07, 6.45) is 0. The molecule has 3 aromatic carbocycles. The van der Waals surface area contributed by atoms with E-state index in [2.05, 4.69) is 0 Å². The van der Waals surface area contributed by atoms with Crippen LogP contribution in [0.2, 0.25) is 0 Å². The van der Waals surface area contributed by atoms with E-state index < -0.39 is 23.4 Å². The van der Waals surface area contributed by atoms with Crippen molar-refractivity contribution in [2.24, 2.45) is 0 Å². The summed E-state index contributed by atoms with van der Waals surface area (Å²) in [4.78, 5) is 25.4. The second kappa shape index (κ2) is 6.47. The molecule has 2 heterocycles. The Kier molecular flexibility index (Phi) is 3.71. The van der Waals surface area contributed by atoms with Gasteiger partial charge in [0.1, 0.15) is 5.76 Å². The highest BCUT2D eigenvalue weighted by atomic mass is 16.7. The predicted octanol–water partition coefficient (Wildman–Crippen LogP) is 4.50. The Morgan fingerprint density at radius 2 is 1.65 bits per heavy atom. The van der Waals surface area contributed by atoms with E-state index in [0.717, 1.165) is 5.56 Å². The Bertz CT molecular complexity index is 1430. The van der Waals surface area contributed by atoms with Crippen LogP contribution in [0.5, 0.6) is 11.5 Å². The lowest BCUT2D eigenvalue weighted by Gasteiger charge is -2.33. The van der Waals surface area contributed by atoms with E-state index in [0.29, 0.717) is 44.7 Å². The monoisotopic (exact) mass is 412 g/mol. The molecule has 0 fully saturated rings. The minimum atomic E-state index is -0.948. The molecule has 2 aliphatic rings. The molecule has 0 radical (unpaired) electrons. The van der Waals surface area contributed by atoms with Crippen LogP contribution < -0.4 is 15.1 Å². The Hall–Kier alpha value is -4.06. The van der Waals surface area contributed by atoms with Crippen LogP contribution in [0.1, 0.15) is 28.5 Å². The summed E-state index contributed by atoms with van der Waals surface area (Å²) in [6, 6.07) is 19.8. The summed E-state index contributed by atoms with van der Waals surface area (Å²) in [5.41, 5.74) is 2.25. The molecule has 152 valence electrons. The summed E-state index contributed by atoms with van der Waals surface area (Å²) in [5, 5.41) is 11.4. The number of benzene rings is 3. The van der Waals surface area contributed by atoms with E-state index in [4.69, 9.17) is 13.9 Å². The summed E-state index contributed by atoms with van der Waals surface area (Å²) in [6.45, 7) is 0.128. The third-order valence-electron chi connectivity index (χ3n) is 6.08. The van der Waals surface area contributed by atoms with Gasteiger partial charge >= 0.3 is 11.6 Å². The normalized spacial score (nSPS) is 18.5. The van der Waals surface area contributed by atoms with Gasteiger partial charge in [0.15, 0.2) is 11.5 Å². The first-order valence-corrected chi connectivity index (χ1v) is 9.91. The zero-order chi connectivity index (χ0) is 21.1. The Morgan fingerprint density at radius 1 is 0.903 bits per heavy atom. The minimum absolute atomic E-state index is 0.128. The molecule has 6 rings (SSSR count). The number of carboxylic acids is 1. The first-order chi connectivity index (χ1) is 15.1. The molecule has 1 aliphatic carbocycles. The molecule has 1 N–H and O–H groups in total. The number of ether oxygens (including phenoxy) is 2. The van der Waals surface area contributed by atoms with Crippen LogP contribution in [0.4, 0.5) is 0 Å². The van der Waals surface area contributed by atoms with Crippen molar-refractivity contribution in [2.75, 3.05) is 6.79 Å². The second-order valence-electron chi connectivity index (χ2n) is 7.67. The smallest absolute Gasteiger partial charge is 0.344 e. The van der Waals surface area contributed by atoms with Gasteiger partial charge in [-0.05, 0) is 34.7 Å². The molecule has 1 aliphatic heterocycles. The quantitative estimate of drug-likeness (QED) is 0.522. The highest BCUT2D eigenvalue weighted by Gasteiger charge is 2.42. The molecule has 4 aromatic rings. The molecule has 1 aromatic heterocycles. The van der Waals surface area contributed by atoms with Gasteiger partial charge in [0.05, 0.1) is 11.3 Å². The fourth-order valence-corrected chi connectivity index (χ4v) is 4.79. The second-order valence-corrected chi connectivity index (χ2v) is 7.67. The number of aliphatic carboxylic acids is 1. The molecule has 0 amide bonds. The first-order valence-electron chi connectivity index (χ1n) is 9.91. The van der Waals surface area contributed by atoms with Gasteiger partial charge in [-0.1, -0.05) is 48.5 Å². The molecule has 6 heteroatoms. The van der Waals surface area contributed by atoms with Crippen molar-refractivity contribution in [3.8, 4) is 22.8 Å². The molecular formula is C25H16O6. The summed E-state index contributed by atoms with van der Waals surface area (Å²) in [7, 11) is 0. The van der Waals surface area contributed by atoms with Crippen LogP contribution in [-0.2, 0) is 4.79 Å². The largest absolute Gasteiger partial charge is 0.481 e. The van der Waals surface area contributed by atoms with Gasteiger partial charge in [0, 0.05) is 17.0 Å². The first kappa shape index (κ1) is 17.8. The SMILES string of the molecule is O=C(O)[C@H]1c2ccccc2-c2oc(=O)c3ccccc3c2[C@@H]1c1ccc2c(c1)OCO2. The van der Waals surface area contributed by atoms with Gasteiger partial charge in [-0.15, -0.1) is 0 Å². The highest BCUT2D eigenvalue weighted by molar-refractivity contribution is 5.95. The highest BCUT2D eigenvalue weighted by Crippen LogP contribution is 2.52. The minimum Gasteiger partial charge on any atom is -0.481 e. The zero-order valence-electron chi connectivity index (χ0n) is 16.2. The number of carboxylic acid groups (broad SMARTS) is 1. The van der Waals surface area contributed by atoms with E-state index in [-0.39, 0.29) is 6.79 Å². The number of rotatable bonds is 2. The fraction of sp³-hybridized carbons (Fsp3) is 0.120. The van der Waals surface area contributed by atoms with Crippen LogP contribution in [0.15, 0.2) is 75.9 Å². The molecule has 0 spiro atoms. The van der Waals surface area contributed by atoms with E-state index in [1.54, 1.807) is 36.4 Å². The summed E-state index contributed by atoms with van der Waals surface area (Å²) in [5.74, 6) is -0.776. The number of hydrogen-bond acceptors (Lipinski definition) is 5. The van der Waals surface area contributed by atoms with Gasteiger partial charge in [-0.25, -0.2) is 4.79 Å². The average molecular weight is 412 g/mol. The fourth-order valence-electron chi connectivity index (χ4n) is 4.79. The maximum absolute atomic E-state index is 12.8. The van der Waals surface area contributed by atoms with Crippen molar-refractivity contribution in [1.29, 1.82) is 0 Å². The van der Waals surface area contributed by atoms with E-state index in [1.807, 2.05) is 30.3 Å². The summed E-state index contributed by atoms with van der Waals surface area (Å²) >= 11 is 0. The maximum atomic E-state index is 12.8. The molecule has 0 bridgehead atoms. The molecule has 31 heavy (non-hydrogen) atoms. The van der Waals surface area contributed by atoms with Gasteiger partial charge in [0.25, 0.3) is 0 Å². The third kappa shape index (κ3) is 2.51. The molecule has 6 nitrogen and oxygen atoms in total.